The second kappa shape index (κ2) is 6.19. The smallest absolute Gasteiger partial charge is 0.231 e. The molecule has 1 amide bonds. The third-order valence-corrected chi connectivity index (χ3v) is 5.58. The van der Waals surface area contributed by atoms with Crippen LogP contribution in [0.2, 0.25) is 0 Å². The summed E-state index contributed by atoms with van der Waals surface area (Å²) < 4.78 is 2.42. The molecule has 2 heterocycles. The molecule has 0 spiro atoms. The van der Waals surface area contributed by atoms with Crippen LogP contribution in [-0.4, -0.2) is 42.1 Å². The minimum absolute atomic E-state index is 0.183. The van der Waals surface area contributed by atoms with Gasteiger partial charge in [-0.1, -0.05) is 38.1 Å². The van der Waals surface area contributed by atoms with Crippen LogP contribution in [0.1, 0.15) is 19.4 Å². The van der Waals surface area contributed by atoms with Gasteiger partial charge >= 0.3 is 0 Å². The van der Waals surface area contributed by atoms with Crippen molar-refractivity contribution < 1.29 is 4.79 Å². The van der Waals surface area contributed by atoms with Gasteiger partial charge in [-0.25, -0.2) is 0 Å². The number of hydrogen-bond acceptors (Lipinski definition) is 2. The van der Waals surface area contributed by atoms with Gasteiger partial charge in [0.2, 0.25) is 5.91 Å². The van der Waals surface area contributed by atoms with Gasteiger partial charge in [0.25, 0.3) is 0 Å². The van der Waals surface area contributed by atoms with Crippen molar-refractivity contribution in [2.45, 2.75) is 26.8 Å². The summed E-state index contributed by atoms with van der Waals surface area (Å²) in [6.07, 6.45) is 0.515. The summed E-state index contributed by atoms with van der Waals surface area (Å²) in [6.45, 7) is 8.56. The lowest BCUT2D eigenvalue weighted by molar-refractivity contribution is -0.117. The first-order valence-corrected chi connectivity index (χ1v) is 9.17. The number of para-hydroxylation sites is 1. The summed E-state index contributed by atoms with van der Waals surface area (Å²) in [4.78, 5) is 16.5. The molecule has 4 heteroatoms. The molecule has 1 aliphatic heterocycles. The molecule has 130 valence electrons. The number of hydrogen-bond donors (Lipinski definition) is 0. The molecule has 0 bridgehead atoms. The van der Waals surface area contributed by atoms with Crippen LogP contribution in [0.3, 0.4) is 0 Å². The van der Waals surface area contributed by atoms with Crippen molar-refractivity contribution in [2.24, 2.45) is 0 Å². The van der Waals surface area contributed by atoms with Crippen molar-refractivity contribution in [1.29, 1.82) is 0 Å². The van der Waals surface area contributed by atoms with Crippen LogP contribution < -0.4 is 4.90 Å². The fourth-order valence-electron chi connectivity index (χ4n) is 4.12. The van der Waals surface area contributed by atoms with Crippen LogP contribution in [0.4, 0.5) is 5.69 Å². The van der Waals surface area contributed by atoms with Gasteiger partial charge in [0.1, 0.15) is 0 Å². The van der Waals surface area contributed by atoms with E-state index in [0.717, 1.165) is 37.4 Å². The van der Waals surface area contributed by atoms with Crippen LogP contribution in [0, 0.1) is 0 Å². The maximum Gasteiger partial charge on any atom is 0.231 e. The molecule has 0 radical (unpaired) electrons. The Bertz CT molecular complexity index is 953. The van der Waals surface area contributed by atoms with Gasteiger partial charge in [-0.15, -0.1) is 0 Å². The van der Waals surface area contributed by atoms with E-state index in [-0.39, 0.29) is 5.91 Å². The van der Waals surface area contributed by atoms with E-state index in [1.165, 1.54) is 21.8 Å². The summed E-state index contributed by atoms with van der Waals surface area (Å²) in [5.41, 5.74) is 4.73. The Balaban J connectivity index is 1.92. The van der Waals surface area contributed by atoms with Crippen molar-refractivity contribution in [3.8, 4) is 0 Å². The lowest BCUT2D eigenvalue weighted by Gasteiger charge is -2.19. The molecule has 0 fully saturated rings. The fourth-order valence-corrected chi connectivity index (χ4v) is 4.12. The molecule has 25 heavy (non-hydrogen) atoms. The number of nitrogens with zero attached hydrogens (tertiary/aromatic N) is 3. The maximum absolute atomic E-state index is 12.2. The largest absolute Gasteiger partial charge is 0.339 e. The highest BCUT2D eigenvalue weighted by Crippen LogP contribution is 2.41. The lowest BCUT2D eigenvalue weighted by Crippen LogP contribution is -2.26. The van der Waals surface area contributed by atoms with Crippen molar-refractivity contribution in [2.75, 3.05) is 31.6 Å². The third-order valence-electron chi connectivity index (χ3n) is 5.58. The zero-order valence-corrected chi connectivity index (χ0v) is 15.2. The first-order valence-electron chi connectivity index (χ1n) is 9.17. The number of benzene rings is 2. The van der Waals surface area contributed by atoms with E-state index in [0.29, 0.717) is 6.42 Å². The van der Waals surface area contributed by atoms with Crippen molar-refractivity contribution in [1.82, 2.24) is 9.47 Å². The highest BCUT2D eigenvalue weighted by Gasteiger charge is 2.28. The van der Waals surface area contributed by atoms with Gasteiger partial charge in [0, 0.05) is 36.4 Å². The van der Waals surface area contributed by atoms with E-state index >= 15 is 0 Å². The average Bonchev–Trinajstić information content (AvgIpc) is 3.11. The molecule has 4 rings (SSSR count). The predicted molar refractivity (Wildman–Crippen MR) is 104 cm³/mol. The third kappa shape index (κ3) is 2.44. The van der Waals surface area contributed by atoms with Crippen LogP contribution >= 0.6 is 0 Å². The Labute approximate surface area is 148 Å². The predicted octanol–water partition coefficient (Wildman–Crippen LogP) is 3.66. The Morgan fingerprint density at radius 1 is 1.04 bits per heavy atom. The minimum Gasteiger partial charge on any atom is -0.339 e. The molecule has 0 aliphatic carbocycles. The van der Waals surface area contributed by atoms with Crippen LogP contribution in [0.5, 0.6) is 0 Å². The Morgan fingerprint density at radius 2 is 1.80 bits per heavy atom. The minimum atomic E-state index is 0.183. The first-order chi connectivity index (χ1) is 12.2. The molecule has 0 N–H and O–H groups in total. The number of fused-ring (bicyclic) bond motifs is 5. The van der Waals surface area contributed by atoms with Gasteiger partial charge in [-0.05, 0) is 30.8 Å². The standard InChI is InChI=1S/C21H25N3O/c1-4-23(5-2)12-13-24-17-9-7-6-8-16(17)20-18(24)11-10-15-14-19(25)22(3)21(15)20/h6-11H,4-5,12-14H2,1-3H3. The van der Waals surface area contributed by atoms with E-state index in [1.807, 2.05) is 11.9 Å². The summed E-state index contributed by atoms with van der Waals surface area (Å²) in [6, 6.07) is 12.9. The van der Waals surface area contributed by atoms with Gasteiger partial charge in [-0.2, -0.15) is 0 Å². The molecule has 1 aromatic heterocycles. The Morgan fingerprint density at radius 3 is 2.56 bits per heavy atom. The summed E-state index contributed by atoms with van der Waals surface area (Å²) in [5.74, 6) is 0.183. The van der Waals surface area contributed by atoms with Crippen molar-refractivity contribution >= 4 is 33.4 Å². The van der Waals surface area contributed by atoms with Crippen LogP contribution in [0.25, 0.3) is 21.8 Å². The SMILES string of the molecule is CCN(CC)CCn1c2ccccc2c2c3c(ccc21)CC(=O)N3C. The fraction of sp³-hybridized carbons (Fsp3) is 0.381. The second-order valence-electron chi connectivity index (χ2n) is 6.79. The normalized spacial score (nSPS) is 14.2. The molecule has 0 unspecified atom stereocenters. The number of anilines is 1. The Kier molecular flexibility index (Phi) is 4.00. The lowest BCUT2D eigenvalue weighted by atomic mass is 10.1. The van der Waals surface area contributed by atoms with E-state index in [9.17, 15) is 4.79 Å². The molecule has 3 aromatic rings. The number of aromatic nitrogens is 1. The number of likely N-dealkylation sites (N-methyl/N-ethyl adjacent to an activating group) is 2. The zero-order chi connectivity index (χ0) is 17.6. The summed E-state index contributed by atoms with van der Waals surface area (Å²) >= 11 is 0. The maximum atomic E-state index is 12.2. The molecule has 0 atom stereocenters. The highest BCUT2D eigenvalue weighted by atomic mass is 16.2. The number of carbonyl (C=O) groups excluding carboxylic acids is 1. The molecular weight excluding hydrogens is 310 g/mol. The molecule has 1 aliphatic rings. The molecular formula is C21H25N3O. The number of carbonyl (C=O) groups is 1. The van der Waals surface area contributed by atoms with Crippen LogP contribution in [0.15, 0.2) is 36.4 Å². The van der Waals surface area contributed by atoms with E-state index in [2.05, 4.69) is 59.7 Å². The van der Waals surface area contributed by atoms with Crippen molar-refractivity contribution in [3.63, 3.8) is 0 Å². The summed E-state index contributed by atoms with van der Waals surface area (Å²) in [7, 11) is 1.90. The van der Waals surface area contributed by atoms with Gasteiger partial charge in [0.05, 0.1) is 17.6 Å². The van der Waals surface area contributed by atoms with E-state index < -0.39 is 0 Å². The second-order valence-corrected chi connectivity index (χ2v) is 6.79. The molecule has 2 aromatic carbocycles. The van der Waals surface area contributed by atoms with Crippen molar-refractivity contribution in [3.05, 3.63) is 42.0 Å². The zero-order valence-electron chi connectivity index (χ0n) is 15.2. The summed E-state index contributed by atoms with van der Waals surface area (Å²) in [5, 5.41) is 2.47. The topological polar surface area (TPSA) is 28.5 Å². The van der Waals surface area contributed by atoms with E-state index in [4.69, 9.17) is 0 Å². The quantitative estimate of drug-likeness (QED) is 0.712. The highest BCUT2D eigenvalue weighted by molar-refractivity contribution is 6.20. The molecule has 0 saturated carbocycles. The average molecular weight is 335 g/mol. The van der Waals surface area contributed by atoms with E-state index in [1.54, 1.807) is 0 Å². The van der Waals surface area contributed by atoms with Crippen LogP contribution in [-0.2, 0) is 17.8 Å². The number of rotatable bonds is 5. The molecule has 0 saturated heterocycles. The first kappa shape index (κ1) is 16.2. The Hall–Kier alpha value is -2.33. The molecule has 4 nitrogen and oxygen atoms in total. The van der Waals surface area contributed by atoms with Gasteiger partial charge in [-0.3, -0.25) is 4.79 Å². The van der Waals surface area contributed by atoms with Gasteiger partial charge in [0.15, 0.2) is 0 Å². The van der Waals surface area contributed by atoms with Gasteiger partial charge < -0.3 is 14.4 Å². The monoisotopic (exact) mass is 335 g/mol. The number of amides is 1.